The molecule has 1 aliphatic rings. The van der Waals surface area contributed by atoms with Crippen molar-refractivity contribution in [3.63, 3.8) is 0 Å². The van der Waals surface area contributed by atoms with Gasteiger partial charge in [0, 0.05) is 6.04 Å². The summed E-state index contributed by atoms with van der Waals surface area (Å²) in [4.78, 5) is 0. The minimum absolute atomic E-state index is 0.193. The van der Waals surface area contributed by atoms with E-state index in [0.717, 1.165) is 31.4 Å². The molecule has 19 heavy (non-hydrogen) atoms. The minimum Gasteiger partial charge on any atom is -0.428 e. The Kier molecular flexibility index (Phi) is 4.29. The molecule has 2 nitrogen and oxygen atoms in total. The number of nitrogens with one attached hydrogen (secondary N) is 1. The SMILES string of the molecule is FC(F)C(F)(F)Oc1ccc([C@@H]2CCCCN2)cc1. The average molecular weight is 277 g/mol. The number of hydrogen-bond acceptors (Lipinski definition) is 2. The lowest BCUT2D eigenvalue weighted by atomic mass is 9.98. The summed E-state index contributed by atoms with van der Waals surface area (Å²) in [6, 6.07) is 6.03. The van der Waals surface area contributed by atoms with Crippen LogP contribution in [0.25, 0.3) is 0 Å². The molecule has 0 aromatic heterocycles. The quantitative estimate of drug-likeness (QED) is 0.846. The second-order valence-corrected chi connectivity index (χ2v) is 4.54. The molecule has 106 valence electrons. The van der Waals surface area contributed by atoms with Crippen molar-refractivity contribution in [3.05, 3.63) is 29.8 Å². The number of ether oxygens (including phenoxy) is 1. The van der Waals surface area contributed by atoms with Gasteiger partial charge >= 0.3 is 12.5 Å². The largest absolute Gasteiger partial charge is 0.461 e. The highest BCUT2D eigenvalue weighted by molar-refractivity contribution is 5.29. The normalized spacial score (nSPS) is 20.6. The Labute approximate surface area is 108 Å². The van der Waals surface area contributed by atoms with Crippen molar-refractivity contribution in [2.45, 2.75) is 37.8 Å². The zero-order valence-electron chi connectivity index (χ0n) is 10.2. The van der Waals surface area contributed by atoms with Crippen molar-refractivity contribution in [2.75, 3.05) is 6.54 Å². The second kappa shape index (κ2) is 5.77. The fraction of sp³-hybridized carbons (Fsp3) is 0.538. The smallest absolute Gasteiger partial charge is 0.428 e. The summed E-state index contributed by atoms with van der Waals surface area (Å²) >= 11 is 0. The summed E-state index contributed by atoms with van der Waals surface area (Å²) in [5.74, 6) is -0.259. The summed E-state index contributed by atoms with van der Waals surface area (Å²) in [5, 5.41) is 3.31. The zero-order valence-corrected chi connectivity index (χ0v) is 10.2. The van der Waals surface area contributed by atoms with Crippen LogP contribution in [0, 0.1) is 0 Å². The van der Waals surface area contributed by atoms with Crippen molar-refractivity contribution in [3.8, 4) is 5.75 Å². The Morgan fingerprint density at radius 1 is 1.16 bits per heavy atom. The maximum atomic E-state index is 12.7. The highest BCUT2D eigenvalue weighted by Gasteiger charge is 2.43. The Morgan fingerprint density at radius 2 is 1.84 bits per heavy atom. The van der Waals surface area contributed by atoms with Crippen molar-refractivity contribution < 1.29 is 22.3 Å². The molecule has 0 unspecified atom stereocenters. The van der Waals surface area contributed by atoms with Crippen LogP contribution in [-0.4, -0.2) is 19.1 Å². The topological polar surface area (TPSA) is 21.3 Å². The van der Waals surface area contributed by atoms with Crippen molar-refractivity contribution in [2.24, 2.45) is 0 Å². The first-order chi connectivity index (χ1) is 8.99. The van der Waals surface area contributed by atoms with Gasteiger partial charge in [-0.25, -0.2) is 0 Å². The number of hydrogen-bond donors (Lipinski definition) is 1. The van der Waals surface area contributed by atoms with Crippen LogP contribution in [0.5, 0.6) is 5.75 Å². The Hall–Kier alpha value is -1.30. The number of alkyl halides is 4. The maximum Gasteiger partial charge on any atom is 0.461 e. The number of halogens is 4. The summed E-state index contributed by atoms with van der Waals surface area (Å²) in [7, 11) is 0. The summed E-state index contributed by atoms with van der Waals surface area (Å²) < 4.78 is 53.4. The van der Waals surface area contributed by atoms with Crippen LogP contribution in [0.3, 0.4) is 0 Å². The van der Waals surface area contributed by atoms with E-state index in [2.05, 4.69) is 10.1 Å². The third-order valence-corrected chi connectivity index (χ3v) is 3.10. The fourth-order valence-corrected chi connectivity index (χ4v) is 2.11. The monoisotopic (exact) mass is 277 g/mol. The first-order valence-corrected chi connectivity index (χ1v) is 6.17. The van der Waals surface area contributed by atoms with Crippen LogP contribution >= 0.6 is 0 Å². The van der Waals surface area contributed by atoms with Gasteiger partial charge < -0.3 is 10.1 Å². The third kappa shape index (κ3) is 3.59. The van der Waals surface area contributed by atoms with Crippen LogP contribution in [0.2, 0.25) is 0 Å². The van der Waals surface area contributed by atoms with Crippen molar-refractivity contribution in [1.82, 2.24) is 5.32 Å². The zero-order chi connectivity index (χ0) is 13.9. The highest BCUT2D eigenvalue weighted by atomic mass is 19.3. The predicted molar refractivity (Wildman–Crippen MR) is 62.6 cm³/mol. The van der Waals surface area contributed by atoms with E-state index in [1.165, 1.54) is 12.1 Å². The van der Waals surface area contributed by atoms with Gasteiger partial charge in [-0.05, 0) is 37.1 Å². The molecule has 1 fully saturated rings. The third-order valence-electron chi connectivity index (χ3n) is 3.10. The Morgan fingerprint density at radius 3 is 2.37 bits per heavy atom. The van der Waals surface area contributed by atoms with Gasteiger partial charge in [0.25, 0.3) is 0 Å². The van der Waals surface area contributed by atoms with E-state index >= 15 is 0 Å². The average Bonchev–Trinajstić information content (AvgIpc) is 2.40. The molecule has 6 heteroatoms. The van der Waals surface area contributed by atoms with Crippen molar-refractivity contribution in [1.29, 1.82) is 0 Å². The van der Waals surface area contributed by atoms with Gasteiger partial charge in [0.15, 0.2) is 0 Å². The summed E-state index contributed by atoms with van der Waals surface area (Å²) in [6.07, 6.45) is -5.08. The Balaban J connectivity index is 2.02. The van der Waals surface area contributed by atoms with E-state index in [0.29, 0.717) is 0 Å². The van der Waals surface area contributed by atoms with Crippen LogP contribution in [0.15, 0.2) is 24.3 Å². The molecular weight excluding hydrogens is 262 g/mol. The lowest BCUT2D eigenvalue weighted by Gasteiger charge is -2.24. The molecule has 1 atom stereocenters. The van der Waals surface area contributed by atoms with Gasteiger partial charge in [0.1, 0.15) is 5.75 Å². The fourth-order valence-electron chi connectivity index (χ4n) is 2.11. The van der Waals surface area contributed by atoms with Gasteiger partial charge in [0.05, 0.1) is 0 Å². The molecule has 0 bridgehead atoms. The molecule has 1 N–H and O–H groups in total. The van der Waals surface area contributed by atoms with Gasteiger partial charge in [-0.2, -0.15) is 17.6 Å². The molecule has 0 aliphatic carbocycles. The predicted octanol–water partition coefficient (Wildman–Crippen LogP) is 3.74. The Bertz CT molecular complexity index is 402. The van der Waals surface area contributed by atoms with E-state index in [-0.39, 0.29) is 11.8 Å². The molecule has 1 aromatic carbocycles. The lowest BCUT2D eigenvalue weighted by molar-refractivity contribution is -0.253. The second-order valence-electron chi connectivity index (χ2n) is 4.54. The van der Waals surface area contributed by atoms with Gasteiger partial charge in [-0.3, -0.25) is 0 Å². The molecule has 2 rings (SSSR count). The highest BCUT2D eigenvalue weighted by Crippen LogP contribution is 2.29. The first-order valence-electron chi connectivity index (χ1n) is 6.17. The molecular formula is C13H15F4NO. The summed E-state index contributed by atoms with van der Waals surface area (Å²) in [5.41, 5.74) is 0.951. The minimum atomic E-state index is -4.45. The van der Waals surface area contributed by atoms with Gasteiger partial charge in [-0.15, -0.1) is 0 Å². The van der Waals surface area contributed by atoms with Crippen LogP contribution in [0.4, 0.5) is 17.6 Å². The van der Waals surface area contributed by atoms with Crippen LogP contribution in [0.1, 0.15) is 30.9 Å². The molecule has 1 aliphatic heterocycles. The van der Waals surface area contributed by atoms with E-state index < -0.39 is 12.5 Å². The number of benzene rings is 1. The molecule has 1 heterocycles. The van der Waals surface area contributed by atoms with E-state index in [1.807, 2.05) is 0 Å². The van der Waals surface area contributed by atoms with Crippen LogP contribution < -0.4 is 10.1 Å². The summed E-state index contributed by atoms with van der Waals surface area (Å²) in [6.45, 7) is 0.923. The van der Waals surface area contributed by atoms with Crippen LogP contribution in [-0.2, 0) is 0 Å². The lowest BCUT2D eigenvalue weighted by Crippen LogP contribution is -2.33. The molecule has 0 radical (unpaired) electrons. The standard InChI is InChI=1S/C13H15F4NO/c14-12(15)13(16,17)19-10-6-4-9(5-7-10)11-3-1-2-8-18-11/h4-7,11-12,18H,1-3,8H2/t11-/m0/s1. The molecule has 1 aromatic rings. The molecule has 0 spiro atoms. The molecule has 0 amide bonds. The van der Waals surface area contributed by atoms with E-state index in [1.54, 1.807) is 12.1 Å². The first kappa shape index (κ1) is 14.1. The number of rotatable bonds is 4. The number of piperidine rings is 1. The van der Waals surface area contributed by atoms with Crippen molar-refractivity contribution >= 4 is 0 Å². The van der Waals surface area contributed by atoms with Gasteiger partial charge in [-0.1, -0.05) is 18.6 Å². The maximum absolute atomic E-state index is 12.7. The van der Waals surface area contributed by atoms with E-state index in [4.69, 9.17) is 0 Å². The van der Waals surface area contributed by atoms with Gasteiger partial charge in [0.2, 0.25) is 0 Å². The van der Waals surface area contributed by atoms with E-state index in [9.17, 15) is 17.6 Å². The molecule has 0 saturated carbocycles. The molecule has 1 saturated heterocycles.